The molecule has 17 heavy (non-hydrogen) atoms. The van der Waals surface area contributed by atoms with Gasteiger partial charge in [0.05, 0.1) is 0 Å². The van der Waals surface area contributed by atoms with Crippen LogP contribution in [0.5, 0.6) is 5.75 Å². The highest BCUT2D eigenvalue weighted by Crippen LogP contribution is 2.24. The molecule has 0 radical (unpaired) electrons. The lowest BCUT2D eigenvalue weighted by molar-refractivity contribution is -0.0294. The molecular formula is C12H15BrFNO2. The Morgan fingerprint density at radius 3 is 2.76 bits per heavy atom. The summed E-state index contributed by atoms with van der Waals surface area (Å²) in [6, 6.07) is 4.62. The first kappa shape index (κ1) is 12.8. The Balaban J connectivity index is 1.97. The van der Waals surface area contributed by atoms with Gasteiger partial charge in [-0.15, -0.1) is 0 Å². The highest BCUT2D eigenvalue weighted by molar-refractivity contribution is 9.10. The van der Waals surface area contributed by atoms with Crippen molar-refractivity contribution in [2.45, 2.75) is 18.4 Å². The second-order valence-electron chi connectivity index (χ2n) is 4.34. The van der Waals surface area contributed by atoms with Crippen LogP contribution in [0.3, 0.4) is 0 Å². The van der Waals surface area contributed by atoms with E-state index in [1.165, 1.54) is 6.07 Å². The van der Waals surface area contributed by atoms with E-state index in [9.17, 15) is 9.50 Å². The smallest absolute Gasteiger partial charge is 0.166 e. The van der Waals surface area contributed by atoms with E-state index in [0.717, 1.165) is 13.1 Å². The molecule has 1 aromatic carbocycles. The fraction of sp³-hybridized carbons (Fsp3) is 0.500. The molecule has 1 aromatic rings. The predicted molar refractivity (Wildman–Crippen MR) is 66.6 cm³/mol. The molecule has 0 aliphatic carbocycles. The Labute approximate surface area is 108 Å². The van der Waals surface area contributed by atoms with Crippen LogP contribution in [0.25, 0.3) is 0 Å². The first-order valence-corrected chi connectivity index (χ1v) is 6.39. The van der Waals surface area contributed by atoms with Crippen molar-refractivity contribution in [1.82, 2.24) is 5.32 Å². The predicted octanol–water partition coefficient (Wildman–Crippen LogP) is 2.08. The third-order valence-corrected chi connectivity index (χ3v) is 3.42. The fourth-order valence-corrected chi connectivity index (χ4v) is 2.17. The summed E-state index contributed by atoms with van der Waals surface area (Å²) in [6.45, 7) is 1.67. The zero-order valence-corrected chi connectivity index (χ0v) is 11.0. The maximum Gasteiger partial charge on any atom is 0.166 e. The van der Waals surface area contributed by atoms with Gasteiger partial charge < -0.3 is 15.2 Å². The van der Waals surface area contributed by atoms with E-state index in [-0.39, 0.29) is 12.4 Å². The number of ether oxygens (including phenoxy) is 1. The molecule has 1 saturated heterocycles. The molecule has 2 rings (SSSR count). The number of rotatable bonds is 3. The first-order valence-electron chi connectivity index (χ1n) is 5.60. The Bertz CT molecular complexity index is 394. The van der Waals surface area contributed by atoms with Crippen LogP contribution in [-0.4, -0.2) is 30.4 Å². The minimum absolute atomic E-state index is 0.132. The van der Waals surface area contributed by atoms with Crippen LogP contribution < -0.4 is 10.1 Å². The van der Waals surface area contributed by atoms with Crippen molar-refractivity contribution in [3.8, 4) is 5.75 Å². The van der Waals surface area contributed by atoms with E-state index in [1.54, 1.807) is 12.1 Å². The van der Waals surface area contributed by atoms with Crippen LogP contribution in [0, 0.1) is 5.82 Å². The second-order valence-corrected chi connectivity index (χ2v) is 5.25. The van der Waals surface area contributed by atoms with Gasteiger partial charge in [-0.1, -0.05) is 15.9 Å². The average molecular weight is 304 g/mol. The summed E-state index contributed by atoms with van der Waals surface area (Å²) >= 11 is 3.18. The van der Waals surface area contributed by atoms with Gasteiger partial charge in [0.15, 0.2) is 11.6 Å². The number of hydrogen-bond acceptors (Lipinski definition) is 3. The molecular weight excluding hydrogens is 289 g/mol. The van der Waals surface area contributed by atoms with E-state index in [0.29, 0.717) is 17.3 Å². The molecule has 2 N–H and O–H groups in total. The largest absolute Gasteiger partial charge is 0.488 e. The third kappa shape index (κ3) is 3.40. The van der Waals surface area contributed by atoms with Crippen molar-refractivity contribution in [3.05, 3.63) is 28.5 Å². The van der Waals surface area contributed by atoms with Crippen LogP contribution in [0.15, 0.2) is 22.7 Å². The normalized spacial score (nSPS) is 19.0. The number of piperidine rings is 1. The van der Waals surface area contributed by atoms with Gasteiger partial charge in [-0.2, -0.15) is 0 Å². The summed E-state index contributed by atoms with van der Waals surface area (Å²) in [4.78, 5) is 0. The first-order chi connectivity index (χ1) is 8.09. The van der Waals surface area contributed by atoms with Crippen LogP contribution in [0.1, 0.15) is 12.8 Å². The second kappa shape index (κ2) is 5.33. The summed E-state index contributed by atoms with van der Waals surface area (Å²) in [5.74, 6) is -0.239. The zero-order chi connectivity index (χ0) is 12.3. The van der Waals surface area contributed by atoms with Crippen molar-refractivity contribution in [1.29, 1.82) is 0 Å². The van der Waals surface area contributed by atoms with Crippen molar-refractivity contribution in [2.75, 3.05) is 19.7 Å². The highest BCUT2D eigenvalue weighted by Gasteiger charge is 2.30. The Kier molecular flexibility index (Phi) is 4.01. The minimum atomic E-state index is -0.842. The number of aliphatic hydroxyl groups is 1. The Morgan fingerprint density at radius 1 is 1.41 bits per heavy atom. The molecule has 3 nitrogen and oxygen atoms in total. The molecule has 0 atom stereocenters. The molecule has 94 valence electrons. The lowest BCUT2D eigenvalue weighted by atomic mass is 9.93. The maximum atomic E-state index is 13.5. The van der Waals surface area contributed by atoms with E-state index in [4.69, 9.17) is 4.74 Å². The lowest BCUT2D eigenvalue weighted by Crippen LogP contribution is -2.46. The van der Waals surface area contributed by atoms with E-state index < -0.39 is 11.4 Å². The Morgan fingerprint density at radius 2 is 2.12 bits per heavy atom. The molecule has 1 heterocycles. The SMILES string of the molecule is OC1(COc2ccc(Br)cc2F)CCNCC1. The van der Waals surface area contributed by atoms with Gasteiger partial charge >= 0.3 is 0 Å². The fourth-order valence-electron chi connectivity index (χ4n) is 1.84. The average Bonchev–Trinajstić information content (AvgIpc) is 2.29. The van der Waals surface area contributed by atoms with Crippen LogP contribution in [0.4, 0.5) is 4.39 Å². The van der Waals surface area contributed by atoms with E-state index >= 15 is 0 Å². The molecule has 1 fully saturated rings. The quantitative estimate of drug-likeness (QED) is 0.898. The topological polar surface area (TPSA) is 41.5 Å². The number of nitrogens with one attached hydrogen (secondary N) is 1. The molecule has 0 bridgehead atoms. The number of benzene rings is 1. The van der Waals surface area contributed by atoms with Crippen LogP contribution in [0.2, 0.25) is 0 Å². The molecule has 0 unspecified atom stereocenters. The van der Waals surface area contributed by atoms with E-state index in [2.05, 4.69) is 21.2 Å². The van der Waals surface area contributed by atoms with Crippen LogP contribution in [-0.2, 0) is 0 Å². The summed E-state index contributed by atoms with van der Waals surface area (Å²) in [6.07, 6.45) is 1.26. The standard InChI is InChI=1S/C12H15BrFNO2/c13-9-1-2-11(10(14)7-9)17-8-12(16)3-5-15-6-4-12/h1-2,7,15-16H,3-6,8H2. The lowest BCUT2D eigenvalue weighted by Gasteiger charge is -2.32. The van der Waals surface area contributed by atoms with Gasteiger partial charge in [-0.25, -0.2) is 4.39 Å². The van der Waals surface area contributed by atoms with E-state index in [1.807, 2.05) is 0 Å². The van der Waals surface area contributed by atoms with Crippen molar-refractivity contribution >= 4 is 15.9 Å². The molecule has 0 spiro atoms. The summed E-state index contributed by atoms with van der Waals surface area (Å²) in [5, 5.41) is 13.3. The summed E-state index contributed by atoms with van der Waals surface area (Å²) in [7, 11) is 0. The molecule has 1 aliphatic heterocycles. The third-order valence-electron chi connectivity index (χ3n) is 2.92. The molecule has 0 amide bonds. The number of hydrogen-bond donors (Lipinski definition) is 2. The Hall–Kier alpha value is -0.650. The summed E-state index contributed by atoms with van der Waals surface area (Å²) in [5.41, 5.74) is -0.842. The molecule has 5 heteroatoms. The number of halogens is 2. The van der Waals surface area contributed by atoms with Crippen molar-refractivity contribution < 1.29 is 14.2 Å². The van der Waals surface area contributed by atoms with Gasteiger partial charge in [0, 0.05) is 4.47 Å². The van der Waals surface area contributed by atoms with Gasteiger partial charge in [-0.05, 0) is 44.1 Å². The zero-order valence-electron chi connectivity index (χ0n) is 9.38. The maximum absolute atomic E-state index is 13.5. The van der Waals surface area contributed by atoms with Gasteiger partial charge in [0.2, 0.25) is 0 Å². The molecule has 0 saturated carbocycles. The van der Waals surface area contributed by atoms with Gasteiger partial charge in [0.25, 0.3) is 0 Å². The minimum Gasteiger partial charge on any atom is -0.488 e. The van der Waals surface area contributed by atoms with Crippen molar-refractivity contribution in [2.24, 2.45) is 0 Å². The molecule has 0 aromatic heterocycles. The molecule has 1 aliphatic rings. The van der Waals surface area contributed by atoms with Crippen molar-refractivity contribution in [3.63, 3.8) is 0 Å². The van der Waals surface area contributed by atoms with Crippen LogP contribution >= 0.6 is 15.9 Å². The summed E-state index contributed by atoms with van der Waals surface area (Å²) < 4.78 is 19.5. The monoisotopic (exact) mass is 303 g/mol. The highest BCUT2D eigenvalue weighted by atomic mass is 79.9. The van der Waals surface area contributed by atoms with Gasteiger partial charge in [-0.3, -0.25) is 0 Å². The van der Waals surface area contributed by atoms with Gasteiger partial charge in [0.1, 0.15) is 12.2 Å².